The molecule has 2 heterocycles. The van der Waals surface area contributed by atoms with Gasteiger partial charge in [0.2, 0.25) is 5.95 Å². The molecule has 0 saturated heterocycles. The van der Waals surface area contributed by atoms with Crippen molar-refractivity contribution in [1.82, 2.24) is 19.7 Å². The minimum Gasteiger partial charge on any atom is -0.370 e. The van der Waals surface area contributed by atoms with E-state index in [0.717, 1.165) is 31.2 Å². The van der Waals surface area contributed by atoms with Crippen LogP contribution >= 0.6 is 0 Å². The summed E-state index contributed by atoms with van der Waals surface area (Å²) in [5.74, 6) is 0.117. The van der Waals surface area contributed by atoms with Crippen LogP contribution in [0, 0.1) is 17.2 Å². The predicted molar refractivity (Wildman–Crippen MR) is 91.4 cm³/mol. The molecule has 0 aliphatic heterocycles. The quantitative estimate of drug-likeness (QED) is 0.795. The van der Waals surface area contributed by atoms with Crippen molar-refractivity contribution in [3.05, 3.63) is 23.7 Å². The zero-order chi connectivity index (χ0) is 19.2. The van der Waals surface area contributed by atoms with Gasteiger partial charge in [-0.05, 0) is 26.2 Å². The van der Waals surface area contributed by atoms with Crippen LogP contribution < -0.4 is 10.6 Å². The molecule has 2 aromatic heterocycles. The number of hydrogen-bond donors (Lipinski definition) is 2. The van der Waals surface area contributed by atoms with Crippen LogP contribution in [0.5, 0.6) is 0 Å². The summed E-state index contributed by atoms with van der Waals surface area (Å²) >= 11 is 0. The Morgan fingerprint density at radius 1 is 1.37 bits per heavy atom. The van der Waals surface area contributed by atoms with E-state index in [-0.39, 0.29) is 23.7 Å². The van der Waals surface area contributed by atoms with Crippen molar-refractivity contribution in [3.8, 4) is 6.07 Å². The maximum absolute atomic E-state index is 13.1. The topological polar surface area (TPSA) is 91.5 Å². The van der Waals surface area contributed by atoms with E-state index in [1.807, 2.05) is 0 Å². The minimum atomic E-state index is -4.53. The molecular formula is C17H18F3N7. The van der Waals surface area contributed by atoms with Gasteiger partial charge in [0.1, 0.15) is 11.4 Å². The Hall–Kier alpha value is -2.83. The van der Waals surface area contributed by atoms with Gasteiger partial charge in [-0.1, -0.05) is 0 Å². The molecule has 4 rings (SSSR count). The molecule has 0 radical (unpaired) electrons. The highest BCUT2D eigenvalue weighted by Gasteiger charge is 2.41. The number of nitrogens with zero attached hydrogens (tertiary/aromatic N) is 5. The van der Waals surface area contributed by atoms with Crippen LogP contribution in [0.25, 0.3) is 0 Å². The zero-order valence-electron chi connectivity index (χ0n) is 14.6. The average Bonchev–Trinajstić information content (AvgIpc) is 3.53. The lowest BCUT2D eigenvalue weighted by Gasteiger charge is -2.13. The highest BCUT2D eigenvalue weighted by molar-refractivity contribution is 5.59. The monoisotopic (exact) mass is 377 g/mol. The van der Waals surface area contributed by atoms with E-state index in [9.17, 15) is 13.2 Å². The van der Waals surface area contributed by atoms with Crippen molar-refractivity contribution >= 4 is 17.5 Å². The number of alkyl halides is 3. The summed E-state index contributed by atoms with van der Waals surface area (Å²) in [6.45, 7) is 2.01. The molecule has 2 aliphatic rings. The summed E-state index contributed by atoms with van der Waals surface area (Å²) in [6, 6.07) is 2.30. The molecule has 2 N–H and O–H groups in total. The van der Waals surface area contributed by atoms with Gasteiger partial charge in [0.05, 0.1) is 29.4 Å². The first-order valence-electron chi connectivity index (χ1n) is 8.84. The first kappa shape index (κ1) is 17.6. The Labute approximate surface area is 153 Å². The van der Waals surface area contributed by atoms with Gasteiger partial charge in [0.25, 0.3) is 0 Å². The number of nitriles is 1. The van der Waals surface area contributed by atoms with Gasteiger partial charge in [0.15, 0.2) is 0 Å². The minimum absolute atomic E-state index is 0.0347. The van der Waals surface area contributed by atoms with E-state index >= 15 is 0 Å². The van der Waals surface area contributed by atoms with Crippen molar-refractivity contribution in [2.24, 2.45) is 5.92 Å². The third-order valence-electron chi connectivity index (χ3n) is 4.67. The molecule has 2 atom stereocenters. The Balaban J connectivity index is 1.62. The molecule has 7 nitrogen and oxygen atoms in total. The molecule has 27 heavy (non-hydrogen) atoms. The maximum atomic E-state index is 13.1. The van der Waals surface area contributed by atoms with Gasteiger partial charge >= 0.3 is 6.18 Å². The molecule has 0 bridgehead atoms. The van der Waals surface area contributed by atoms with E-state index in [4.69, 9.17) is 5.26 Å². The number of hydrogen-bond acceptors (Lipinski definition) is 6. The van der Waals surface area contributed by atoms with Crippen LogP contribution in [0.2, 0.25) is 0 Å². The smallest absolute Gasteiger partial charge is 0.370 e. The molecule has 142 valence electrons. The van der Waals surface area contributed by atoms with Crippen LogP contribution in [0.4, 0.5) is 30.6 Å². The molecule has 2 aliphatic carbocycles. The van der Waals surface area contributed by atoms with Crippen LogP contribution in [0.1, 0.15) is 49.4 Å². The average molecular weight is 377 g/mol. The number of halogens is 3. The highest BCUT2D eigenvalue weighted by Crippen LogP contribution is 2.47. The standard InChI is InChI=1S/C17H18F3N7/c1-2-22-15-11(17(18,19)20)7-23-16(25-15)24-12-8-27(13-5-10(13)6-21)26-14(12)9-3-4-9/h7-10,13H,2-5H2,1H3,(H2,22,23,24,25)/t10?,13-/m1/s1. The Morgan fingerprint density at radius 3 is 2.74 bits per heavy atom. The summed E-state index contributed by atoms with van der Waals surface area (Å²) in [4.78, 5) is 7.84. The lowest BCUT2D eigenvalue weighted by molar-refractivity contribution is -0.137. The number of aromatic nitrogens is 4. The number of rotatable bonds is 6. The van der Waals surface area contributed by atoms with E-state index in [0.29, 0.717) is 18.2 Å². The molecule has 10 heteroatoms. The lowest BCUT2D eigenvalue weighted by atomic mass is 10.2. The fraction of sp³-hybridized carbons (Fsp3) is 0.529. The predicted octanol–water partition coefficient (Wildman–Crippen LogP) is 3.83. The van der Waals surface area contributed by atoms with Crippen molar-refractivity contribution in [3.63, 3.8) is 0 Å². The first-order chi connectivity index (χ1) is 12.9. The molecule has 0 spiro atoms. The van der Waals surface area contributed by atoms with Crippen molar-refractivity contribution < 1.29 is 13.2 Å². The Morgan fingerprint density at radius 2 is 2.15 bits per heavy atom. The number of anilines is 3. The van der Waals surface area contributed by atoms with Crippen molar-refractivity contribution in [2.75, 3.05) is 17.2 Å². The molecule has 2 fully saturated rings. The molecule has 2 saturated carbocycles. The SMILES string of the molecule is CCNc1nc(Nc2cn([C@@H]3CC3C#N)nc2C2CC2)ncc1C(F)(F)F. The zero-order valence-corrected chi connectivity index (χ0v) is 14.6. The third-order valence-corrected chi connectivity index (χ3v) is 4.67. The molecule has 2 aromatic rings. The van der Waals surface area contributed by atoms with Gasteiger partial charge in [0, 0.05) is 24.9 Å². The maximum Gasteiger partial charge on any atom is 0.421 e. The summed E-state index contributed by atoms with van der Waals surface area (Å²) in [6.07, 6.45) is 0.856. The normalized spacial score (nSPS) is 21.6. The summed E-state index contributed by atoms with van der Waals surface area (Å²) in [5.41, 5.74) is 0.637. The first-order valence-corrected chi connectivity index (χ1v) is 8.84. The van der Waals surface area contributed by atoms with E-state index < -0.39 is 11.7 Å². The summed E-state index contributed by atoms with van der Waals surface area (Å²) in [5, 5.41) is 19.3. The molecule has 0 aromatic carbocycles. The van der Waals surface area contributed by atoms with Gasteiger partial charge < -0.3 is 10.6 Å². The summed E-state index contributed by atoms with van der Waals surface area (Å²) in [7, 11) is 0. The Kier molecular flexibility index (Phi) is 4.17. The van der Waals surface area contributed by atoms with Crippen LogP contribution in [0.3, 0.4) is 0 Å². The molecule has 0 amide bonds. The van der Waals surface area contributed by atoms with Crippen molar-refractivity contribution in [1.29, 1.82) is 5.26 Å². The van der Waals surface area contributed by atoms with E-state index in [2.05, 4.69) is 31.8 Å². The van der Waals surface area contributed by atoms with Crippen LogP contribution in [-0.2, 0) is 6.18 Å². The second-order valence-electron chi connectivity index (χ2n) is 6.83. The largest absolute Gasteiger partial charge is 0.421 e. The summed E-state index contributed by atoms with van der Waals surface area (Å²) < 4.78 is 41.1. The van der Waals surface area contributed by atoms with Gasteiger partial charge in [-0.2, -0.15) is 28.5 Å². The second kappa shape index (κ2) is 6.40. The third kappa shape index (κ3) is 3.54. The number of nitrogens with one attached hydrogen (secondary N) is 2. The molecule has 1 unspecified atom stereocenters. The second-order valence-corrected chi connectivity index (χ2v) is 6.83. The van der Waals surface area contributed by atoms with Gasteiger partial charge in [-0.25, -0.2) is 4.98 Å². The fourth-order valence-corrected chi connectivity index (χ4v) is 3.01. The highest BCUT2D eigenvalue weighted by atomic mass is 19.4. The van der Waals surface area contributed by atoms with E-state index in [1.54, 1.807) is 17.8 Å². The fourth-order valence-electron chi connectivity index (χ4n) is 3.01. The Bertz CT molecular complexity index is 895. The molecular weight excluding hydrogens is 359 g/mol. The van der Waals surface area contributed by atoms with Crippen LogP contribution in [0.15, 0.2) is 12.4 Å². The van der Waals surface area contributed by atoms with E-state index in [1.165, 1.54) is 0 Å². The van der Waals surface area contributed by atoms with Gasteiger partial charge in [-0.15, -0.1) is 0 Å². The lowest BCUT2D eigenvalue weighted by Crippen LogP contribution is -2.14. The van der Waals surface area contributed by atoms with Gasteiger partial charge in [-0.3, -0.25) is 4.68 Å². The van der Waals surface area contributed by atoms with Crippen molar-refractivity contribution in [2.45, 2.75) is 44.3 Å². The van der Waals surface area contributed by atoms with Crippen LogP contribution in [-0.4, -0.2) is 26.3 Å².